The SMILES string of the molecule is COc1c(O)cc(Cl)c(C)c1C(C)(C)N. The lowest BCUT2D eigenvalue weighted by atomic mass is 9.90. The zero-order chi connectivity index (χ0) is 11.8. The molecule has 0 spiro atoms. The molecule has 0 aliphatic heterocycles. The quantitative estimate of drug-likeness (QED) is 0.820. The van der Waals surface area contributed by atoms with Crippen LogP contribution in [0.5, 0.6) is 11.5 Å². The van der Waals surface area contributed by atoms with Crippen molar-refractivity contribution < 1.29 is 9.84 Å². The Labute approximate surface area is 94.8 Å². The van der Waals surface area contributed by atoms with Crippen LogP contribution in [0.15, 0.2) is 6.07 Å². The monoisotopic (exact) mass is 229 g/mol. The van der Waals surface area contributed by atoms with Gasteiger partial charge in [-0.3, -0.25) is 0 Å². The number of ether oxygens (including phenoxy) is 1. The van der Waals surface area contributed by atoms with Crippen LogP contribution in [0.3, 0.4) is 0 Å². The molecule has 0 amide bonds. The van der Waals surface area contributed by atoms with Gasteiger partial charge in [-0.2, -0.15) is 0 Å². The molecule has 0 aliphatic rings. The molecule has 0 aliphatic carbocycles. The van der Waals surface area contributed by atoms with Gasteiger partial charge < -0.3 is 15.6 Å². The van der Waals surface area contributed by atoms with Crippen molar-refractivity contribution >= 4 is 11.6 Å². The summed E-state index contributed by atoms with van der Waals surface area (Å²) in [5, 5.41) is 10.2. The summed E-state index contributed by atoms with van der Waals surface area (Å²) in [5.74, 6) is 0.408. The highest BCUT2D eigenvalue weighted by Crippen LogP contribution is 2.41. The van der Waals surface area contributed by atoms with Gasteiger partial charge in [-0.15, -0.1) is 0 Å². The molecule has 0 heterocycles. The first-order chi connectivity index (χ1) is 6.79. The predicted octanol–water partition coefficient (Wildman–Crippen LogP) is 2.56. The third-order valence-corrected chi connectivity index (χ3v) is 2.70. The molecule has 3 N–H and O–H groups in total. The van der Waals surface area contributed by atoms with Crippen LogP contribution in [0.2, 0.25) is 5.02 Å². The van der Waals surface area contributed by atoms with Gasteiger partial charge in [0.1, 0.15) is 0 Å². The van der Waals surface area contributed by atoms with Crippen molar-refractivity contribution in [1.29, 1.82) is 0 Å². The molecule has 0 bridgehead atoms. The molecular weight excluding hydrogens is 214 g/mol. The highest BCUT2D eigenvalue weighted by molar-refractivity contribution is 6.31. The summed E-state index contributed by atoms with van der Waals surface area (Å²) in [7, 11) is 1.50. The Morgan fingerprint density at radius 1 is 1.47 bits per heavy atom. The summed E-state index contributed by atoms with van der Waals surface area (Å²) < 4.78 is 5.15. The first-order valence-corrected chi connectivity index (χ1v) is 5.02. The van der Waals surface area contributed by atoms with Crippen LogP contribution >= 0.6 is 11.6 Å². The summed E-state index contributed by atoms with van der Waals surface area (Å²) in [4.78, 5) is 0. The van der Waals surface area contributed by atoms with E-state index in [1.54, 1.807) is 0 Å². The summed E-state index contributed by atoms with van der Waals surface area (Å²) in [6, 6.07) is 1.46. The molecule has 15 heavy (non-hydrogen) atoms. The van der Waals surface area contributed by atoms with E-state index >= 15 is 0 Å². The van der Waals surface area contributed by atoms with Gasteiger partial charge in [0.15, 0.2) is 11.5 Å². The number of hydrogen-bond donors (Lipinski definition) is 2. The molecule has 0 atom stereocenters. The van der Waals surface area contributed by atoms with Crippen molar-refractivity contribution in [3.63, 3.8) is 0 Å². The van der Waals surface area contributed by atoms with Crippen molar-refractivity contribution in [3.05, 3.63) is 22.2 Å². The Morgan fingerprint density at radius 2 is 2.00 bits per heavy atom. The van der Waals surface area contributed by atoms with E-state index in [2.05, 4.69) is 0 Å². The summed E-state index contributed by atoms with van der Waals surface area (Å²) >= 11 is 5.98. The van der Waals surface area contributed by atoms with E-state index in [-0.39, 0.29) is 5.75 Å². The van der Waals surface area contributed by atoms with Gasteiger partial charge in [-0.05, 0) is 26.3 Å². The standard InChI is InChI=1S/C11H16ClNO2/c1-6-7(12)5-8(14)10(15-4)9(6)11(2,3)13/h5,14H,13H2,1-4H3. The maximum Gasteiger partial charge on any atom is 0.165 e. The van der Waals surface area contributed by atoms with Crippen LogP contribution in [-0.2, 0) is 5.54 Å². The molecular formula is C11H16ClNO2. The third kappa shape index (κ3) is 2.19. The average Bonchev–Trinajstić information content (AvgIpc) is 2.08. The van der Waals surface area contributed by atoms with Crippen LogP contribution in [0, 0.1) is 6.92 Å². The first kappa shape index (κ1) is 12.1. The zero-order valence-corrected chi connectivity index (χ0v) is 10.1. The second-order valence-corrected chi connectivity index (χ2v) is 4.54. The van der Waals surface area contributed by atoms with E-state index in [9.17, 15) is 5.11 Å². The minimum absolute atomic E-state index is 0.0154. The Hall–Kier alpha value is -0.930. The normalized spacial score (nSPS) is 11.6. The highest BCUT2D eigenvalue weighted by atomic mass is 35.5. The number of rotatable bonds is 2. The molecule has 0 saturated carbocycles. The molecule has 1 aromatic rings. The van der Waals surface area contributed by atoms with Gasteiger partial charge in [-0.1, -0.05) is 11.6 Å². The Kier molecular flexibility index (Phi) is 3.16. The summed E-state index contributed by atoms with van der Waals surface area (Å²) in [6.45, 7) is 5.54. The van der Waals surface area contributed by atoms with Crippen LogP contribution in [0.1, 0.15) is 25.0 Å². The average molecular weight is 230 g/mol. The molecule has 4 heteroatoms. The number of phenolic OH excluding ortho intramolecular Hbond substituents is 1. The molecule has 3 nitrogen and oxygen atoms in total. The zero-order valence-electron chi connectivity index (χ0n) is 9.39. The number of halogens is 1. The topological polar surface area (TPSA) is 55.5 Å². The Balaban J connectivity index is 3.59. The fourth-order valence-electron chi connectivity index (χ4n) is 1.69. The Bertz CT molecular complexity index is 383. The lowest BCUT2D eigenvalue weighted by Gasteiger charge is -2.25. The van der Waals surface area contributed by atoms with E-state index < -0.39 is 5.54 Å². The summed E-state index contributed by atoms with van der Waals surface area (Å²) in [6.07, 6.45) is 0. The van der Waals surface area contributed by atoms with Crippen molar-refractivity contribution in [2.24, 2.45) is 5.73 Å². The number of aromatic hydroxyl groups is 1. The van der Waals surface area contributed by atoms with Gasteiger partial charge in [0.05, 0.1) is 7.11 Å². The second kappa shape index (κ2) is 3.91. The number of benzene rings is 1. The number of phenols is 1. The van der Waals surface area contributed by atoms with Crippen LogP contribution in [-0.4, -0.2) is 12.2 Å². The summed E-state index contributed by atoms with van der Waals surface area (Å²) in [5.41, 5.74) is 6.97. The van der Waals surface area contributed by atoms with E-state index in [0.29, 0.717) is 10.8 Å². The van der Waals surface area contributed by atoms with Crippen LogP contribution < -0.4 is 10.5 Å². The maximum absolute atomic E-state index is 9.69. The molecule has 1 rings (SSSR count). The molecule has 0 fully saturated rings. The van der Waals surface area contributed by atoms with Crippen molar-refractivity contribution in [3.8, 4) is 11.5 Å². The van der Waals surface area contributed by atoms with Gasteiger partial charge in [0.25, 0.3) is 0 Å². The van der Waals surface area contributed by atoms with E-state index in [1.807, 2.05) is 20.8 Å². The molecule has 0 radical (unpaired) electrons. The molecule has 0 saturated heterocycles. The highest BCUT2D eigenvalue weighted by Gasteiger charge is 2.25. The van der Waals surface area contributed by atoms with E-state index in [4.69, 9.17) is 22.1 Å². The van der Waals surface area contributed by atoms with Crippen molar-refractivity contribution in [2.45, 2.75) is 26.3 Å². The van der Waals surface area contributed by atoms with Gasteiger partial charge in [0, 0.05) is 22.2 Å². The predicted molar refractivity (Wildman–Crippen MR) is 61.6 cm³/mol. The smallest absolute Gasteiger partial charge is 0.165 e. The first-order valence-electron chi connectivity index (χ1n) is 4.64. The van der Waals surface area contributed by atoms with Crippen molar-refractivity contribution in [1.82, 2.24) is 0 Å². The Morgan fingerprint density at radius 3 is 2.40 bits per heavy atom. The van der Waals surface area contributed by atoms with E-state index in [0.717, 1.165) is 11.1 Å². The lowest BCUT2D eigenvalue weighted by Crippen LogP contribution is -2.30. The fraction of sp³-hybridized carbons (Fsp3) is 0.455. The molecule has 0 unspecified atom stereocenters. The molecule has 84 valence electrons. The third-order valence-electron chi connectivity index (χ3n) is 2.30. The maximum atomic E-state index is 9.69. The minimum atomic E-state index is -0.613. The van der Waals surface area contributed by atoms with Gasteiger partial charge in [0.2, 0.25) is 0 Å². The minimum Gasteiger partial charge on any atom is -0.504 e. The number of nitrogens with two attached hydrogens (primary N) is 1. The second-order valence-electron chi connectivity index (χ2n) is 4.13. The van der Waals surface area contributed by atoms with Crippen LogP contribution in [0.25, 0.3) is 0 Å². The molecule has 1 aromatic carbocycles. The van der Waals surface area contributed by atoms with E-state index in [1.165, 1.54) is 13.2 Å². The number of hydrogen-bond acceptors (Lipinski definition) is 3. The lowest BCUT2D eigenvalue weighted by molar-refractivity contribution is 0.357. The van der Waals surface area contributed by atoms with Gasteiger partial charge in [-0.25, -0.2) is 0 Å². The largest absolute Gasteiger partial charge is 0.504 e. The number of methoxy groups -OCH3 is 1. The van der Waals surface area contributed by atoms with Crippen LogP contribution in [0.4, 0.5) is 0 Å². The van der Waals surface area contributed by atoms with Crippen molar-refractivity contribution in [2.75, 3.05) is 7.11 Å². The van der Waals surface area contributed by atoms with Gasteiger partial charge >= 0.3 is 0 Å². The fourth-order valence-corrected chi connectivity index (χ4v) is 1.89. The molecule has 0 aromatic heterocycles.